The fraction of sp³-hybridized carbons (Fsp3) is 0.125. The highest BCUT2D eigenvalue weighted by Gasteiger charge is 2.35. The van der Waals surface area contributed by atoms with Gasteiger partial charge in [-0.2, -0.15) is 0 Å². The van der Waals surface area contributed by atoms with E-state index in [2.05, 4.69) is 10.2 Å². The van der Waals surface area contributed by atoms with Crippen LogP contribution in [-0.2, 0) is 19.3 Å². The summed E-state index contributed by atoms with van der Waals surface area (Å²) < 4.78 is 5.18. The Morgan fingerprint density at radius 3 is 2.18 bits per heavy atom. The average Bonchev–Trinajstić information content (AvgIpc) is 3.79. The van der Waals surface area contributed by atoms with Gasteiger partial charge in [0.1, 0.15) is 10.7 Å². The second-order valence-corrected chi connectivity index (χ2v) is 12.6. The molecule has 3 aromatic heterocycles. The highest BCUT2D eigenvalue weighted by atomic mass is 35.5. The number of rotatable bonds is 8. The van der Waals surface area contributed by atoms with Crippen molar-refractivity contribution in [2.45, 2.75) is 24.4 Å². The van der Waals surface area contributed by atoms with E-state index in [1.807, 2.05) is 72.6 Å². The zero-order chi connectivity index (χ0) is 31.2. The van der Waals surface area contributed by atoms with Crippen molar-refractivity contribution in [3.63, 3.8) is 0 Å². The SMILES string of the molecule is Cc1c(-n2c(SCc3csc(CN4C(=O)c5ccccc5C4=O)n3)nnc2-c2ccccc2Cl)c(=O)n(-c2ccccc2)n1C. The van der Waals surface area contributed by atoms with Gasteiger partial charge in [-0.25, -0.2) is 9.67 Å². The predicted molar refractivity (Wildman–Crippen MR) is 173 cm³/mol. The van der Waals surface area contributed by atoms with E-state index in [9.17, 15) is 14.4 Å². The molecule has 6 aromatic rings. The lowest BCUT2D eigenvalue weighted by molar-refractivity contribution is 0.0642. The smallest absolute Gasteiger partial charge is 0.283 e. The second-order valence-electron chi connectivity index (χ2n) is 10.3. The molecule has 4 heterocycles. The lowest BCUT2D eigenvalue weighted by Crippen LogP contribution is -2.29. The van der Waals surface area contributed by atoms with Gasteiger partial charge in [0.2, 0.25) is 0 Å². The van der Waals surface area contributed by atoms with Crippen LogP contribution in [0.15, 0.2) is 94.2 Å². The molecule has 2 amide bonds. The summed E-state index contributed by atoms with van der Waals surface area (Å²) in [6.07, 6.45) is 0. The van der Waals surface area contributed by atoms with Crippen LogP contribution < -0.4 is 5.56 Å². The number of aromatic nitrogens is 6. The first-order valence-electron chi connectivity index (χ1n) is 13.9. The Hall–Kier alpha value is -4.78. The molecule has 0 saturated heterocycles. The Bertz CT molecular complexity index is 2130. The van der Waals surface area contributed by atoms with Crippen LogP contribution in [0.25, 0.3) is 22.8 Å². The number of carbonyl (C=O) groups excluding carboxylic acids is 2. The number of imide groups is 1. The van der Waals surface area contributed by atoms with Gasteiger partial charge in [-0.15, -0.1) is 21.5 Å². The van der Waals surface area contributed by atoms with Crippen molar-refractivity contribution in [1.82, 2.24) is 34.0 Å². The second kappa shape index (κ2) is 11.6. The van der Waals surface area contributed by atoms with Gasteiger partial charge in [0, 0.05) is 23.7 Å². The highest BCUT2D eigenvalue weighted by Crippen LogP contribution is 2.34. The van der Waals surface area contributed by atoms with Gasteiger partial charge >= 0.3 is 0 Å². The van der Waals surface area contributed by atoms with E-state index >= 15 is 0 Å². The van der Waals surface area contributed by atoms with E-state index in [1.54, 1.807) is 39.6 Å². The van der Waals surface area contributed by atoms with Crippen molar-refractivity contribution in [3.05, 3.63) is 127 Å². The average molecular weight is 654 g/mol. The maximum Gasteiger partial charge on any atom is 0.296 e. The third-order valence-electron chi connectivity index (χ3n) is 7.62. The van der Waals surface area contributed by atoms with Crippen LogP contribution >= 0.6 is 34.7 Å². The zero-order valence-electron chi connectivity index (χ0n) is 24.0. The number of amides is 2. The summed E-state index contributed by atoms with van der Waals surface area (Å²) in [5.41, 5.74) is 3.84. The zero-order valence-corrected chi connectivity index (χ0v) is 26.4. The van der Waals surface area contributed by atoms with E-state index < -0.39 is 0 Å². The molecule has 10 nitrogen and oxygen atoms in total. The molecule has 0 radical (unpaired) electrons. The number of carbonyl (C=O) groups is 2. The molecule has 1 aliphatic heterocycles. The molecule has 0 N–H and O–H groups in total. The number of halogens is 1. The van der Waals surface area contributed by atoms with E-state index in [1.165, 1.54) is 28.0 Å². The summed E-state index contributed by atoms with van der Waals surface area (Å²) in [4.78, 5) is 45.7. The normalized spacial score (nSPS) is 12.7. The van der Waals surface area contributed by atoms with E-state index in [-0.39, 0.29) is 23.9 Å². The van der Waals surface area contributed by atoms with Crippen molar-refractivity contribution in [1.29, 1.82) is 0 Å². The quantitative estimate of drug-likeness (QED) is 0.148. The molecule has 13 heteroatoms. The summed E-state index contributed by atoms with van der Waals surface area (Å²) >= 11 is 9.35. The number of hydrogen-bond acceptors (Lipinski definition) is 8. The number of thioether (sulfide) groups is 1. The number of benzene rings is 3. The van der Waals surface area contributed by atoms with Crippen molar-refractivity contribution in [2.24, 2.45) is 7.05 Å². The van der Waals surface area contributed by atoms with Crippen molar-refractivity contribution < 1.29 is 9.59 Å². The minimum absolute atomic E-state index is 0.0940. The van der Waals surface area contributed by atoms with Crippen LogP contribution in [0.1, 0.15) is 37.1 Å². The monoisotopic (exact) mass is 653 g/mol. The van der Waals surface area contributed by atoms with E-state index in [0.717, 1.165) is 17.1 Å². The number of nitrogens with zero attached hydrogens (tertiary/aromatic N) is 7. The standard InChI is InChI=1S/C32H24ClN7O3S2/c1-19-27(31(43)40(37(19)2)21-10-4-3-5-11-21)39-28(24-14-8-9-15-25(24)33)35-36-32(39)45-18-20-17-44-26(34-20)16-38-29(41)22-12-6-7-13-23(22)30(38)42/h3-15,17H,16,18H2,1-2H3. The Kier molecular flexibility index (Phi) is 7.48. The molecule has 0 atom stereocenters. The van der Waals surface area contributed by atoms with Gasteiger partial charge in [-0.3, -0.25) is 28.5 Å². The molecule has 1 aliphatic rings. The minimum Gasteiger partial charge on any atom is -0.283 e. The summed E-state index contributed by atoms with van der Waals surface area (Å²) in [7, 11) is 1.84. The molecule has 7 rings (SSSR count). The Balaban J connectivity index is 1.21. The largest absolute Gasteiger partial charge is 0.296 e. The third kappa shape index (κ3) is 5.00. The summed E-state index contributed by atoms with van der Waals surface area (Å²) in [6, 6.07) is 23.6. The minimum atomic E-state index is -0.318. The number of hydrogen-bond donors (Lipinski definition) is 0. The van der Waals surface area contributed by atoms with Gasteiger partial charge in [0.25, 0.3) is 17.4 Å². The lowest BCUT2D eigenvalue weighted by atomic mass is 10.1. The molecular formula is C32H24ClN7O3S2. The summed E-state index contributed by atoms with van der Waals surface area (Å²) in [6.45, 7) is 1.98. The summed E-state index contributed by atoms with van der Waals surface area (Å²) in [5, 5.41) is 12.5. The van der Waals surface area contributed by atoms with Crippen molar-refractivity contribution in [2.75, 3.05) is 0 Å². The van der Waals surface area contributed by atoms with Crippen LogP contribution in [0.4, 0.5) is 0 Å². The van der Waals surface area contributed by atoms with Crippen LogP contribution in [0.3, 0.4) is 0 Å². The van der Waals surface area contributed by atoms with Crippen LogP contribution in [0.2, 0.25) is 5.02 Å². The Morgan fingerprint density at radius 1 is 0.844 bits per heavy atom. The molecule has 224 valence electrons. The Labute approximate surface area is 270 Å². The van der Waals surface area contributed by atoms with E-state index in [0.29, 0.717) is 49.1 Å². The molecule has 0 saturated carbocycles. The summed E-state index contributed by atoms with van der Waals surface area (Å²) in [5.74, 6) is 0.222. The van der Waals surface area contributed by atoms with Crippen LogP contribution in [0, 0.1) is 6.92 Å². The van der Waals surface area contributed by atoms with Crippen molar-refractivity contribution >= 4 is 46.5 Å². The fourth-order valence-corrected chi connectivity index (χ4v) is 7.28. The number of thiazole rings is 1. The van der Waals surface area contributed by atoms with Gasteiger partial charge < -0.3 is 0 Å². The molecular weight excluding hydrogens is 630 g/mol. The topological polar surface area (TPSA) is 108 Å². The molecule has 3 aromatic carbocycles. The maximum absolute atomic E-state index is 14.1. The molecule has 0 unspecified atom stereocenters. The Morgan fingerprint density at radius 2 is 1.49 bits per heavy atom. The first-order chi connectivity index (χ1) is 21.8. The van der Waals surface area contributed by atoms with Crippen molar-refractivity contribution in [3.8, 4) is 22.8 Å². The third-order valence-corrected chi connectivity index (χ3v) is 9.79. The highest BCUT2D eigenvalue weighted by molar-refractivity contribution is 7.98. The van der Waals surface area contributed by atoms with E-state index in [4.69, 9.17) is 16.6 Å². The number of para-hydroxylation sites is 1. The maximum atomic E-state index is 14.1. The van der Waals surface area contributed by atoms with Gasteiger partial charge in [-0.1, -0.05) is 65.8 Å². The predicted octanol–water partition coefficient (Wildman–Crippen LogP) is 5.93. The molecule has 0 fully saturated rings. The first kappa shape index (κ1) is 29.0. The number of fused-ring (bicyclic) bond motifs is 1. The van der Waals surface area contributed by atoms with Crippen LogP contribution in [-0.4, -0.2) is 45.8 Å². The molecule has 0 spiro atoms. The first-order valence-corrected chi connectivity index (χ1v) is 16.1. The van der Waals surface area contributed by atoms with Crippen LogP contribution in [0.5, 0.6) is 0 Å². The van der Waals surface area contributed by atoms with Gasteiger partial charge in [0.15, 0.2) is 11.0 Å². The molecule has 45 heavy (non-hydrogen) atoms. The fourth-order valence-electron chi connectivity index (χ4n) is 5.34. The lowest BCUT2D eigenvalue weighted by Gasteiger charge is -2.11. The molecule has 0 aliphatic carbocycles. The van der Waals surface area contributed by atoms with Gasteiger partial charge in [0.05, 0.1) is 39.8 Å². The molecule has 0 bridgehead atoms. The van der Waals surface area contributed by atoms with Gasteiger partial charge in [-0.05, 0) is 43.3 Å².